The summed E-state index contributed by atoms with van der Waals surface area (Å²) < 4.78 is 25.1. The zero-order chi connectivity index (χ0) is 21.2. The summed E-state index contributed by atoms with van der Waals surface area (Å²) in [4.78, 5) is 12.6. The van der Waals surface area contributed by atoms with E-state index in [1.807, 2.05) is 26.0 Å². The lowest BCUT2D eigenvalue weighted by Crippen LogP contribution is -2.14. The van der Waals surface area contributed by atoms with Crippen LogP contribution in [-0.2, 0) is 9.53 Å². The first kappa shape index (κ1) is 21.2. The quantitative estimate of drug-likeness (QED) is 0.500. The van der Waals surface area contributed by atoms with E-state index in [1.54, 1.807) is 24.3 Å². The van der Waals surface area contributed by atoms with Crippen molar-refractivity contribution in [3.05, 3.63) is 70.5 Å². The van der Waals surface area contributed by atoms with Crippen LogP contribution >= 0.6 is 23.2 Å². The Balaban J connectivity index is 1.78. The first-order valence-corrected chi connectivity index (χ1v) is 9.69. The highest BCUT2D eigenvalue weighted by Gasteiger charge is 2.64. The first-order valence-electron chi connectivity index (χ1n) is 8.87. The summed E-state index contributed by atoms with van der Waals surface area (Å²) in [5.74, 6) is -1.55. The van der Waals surface area contributed by atoms with Crippen LogP contribution in [0.5, 0.6) is 11.5 Å². The van der Waals surface area contributed by atoms with E-state index >= 15 is 0 Å². The van der Waals surface area contributed by atoms with Crippen molar-refractivity contribution in [2.75, 3.05) is 0 Å². The molecule has 1 aliphatic carbocycles. The second-order valence-electron chi connectivity index (χ2n) is 7.32. The number of carbonyl (C=O) groups is 1. The highest BCUT2D eigenvalue weighted by atomic mass is 35.5. The lowest BCUT2D eigenvalue weighted by molar-refractivity contribution is -0.149. The van der Waals surface area contributed by atoms with Crippen LogP contribution in [0.15, 0.2) is 59.1 Å². The molecule has 0 amide bonds. The Kier molecular flexibility index (Phi) is 6.16. The van der Waals surface area contributed by atoms with E-state index in [1.165, 1.54) is 23.7 Å². The van der Waals surface area contributed by atoms with Gasteiger partial charge in [-0.05, 0) is 29.7 Å². The maximum Gasteiger partial charge on any atom is 0.311 e. The number of nitriles is 1. The van der Waals surface area contributed by atoms with Gasteiger partial charge in [-0.15, -0.1) is 0 Å². The summed E-state index contributed by atoms with van der Waals surface area (Å²) in [7, 11) is 0. The number of benzene rings is 2. The minimum absolute atomic E-state index is 0.0669. The Labute approximate surface area is 178 Å². The Morgan fingerprint density at radius 1 is 1.24 bits per heavy atom. The molecule has 0 aliphatic heterocycles. The topological polar surface area (TPSA) is 59.3 Å². The van der Waals surface area contributed by atoms with Crippen LogP contribution in [0.4, 0.5) is 4.39 Å². The van der Waals surface area contributed by atoms with Gasteiger partial charge in [-0.25, -0.2) is 4.39 Å². The number of ether oxygens (including phenoxy) is 2. The van der Waals surface area contributed by atoms with E-state index in [4.69, 9.17) is 32.7 Å². The van der Waals surface area contributed by atoms with Gasteiger partial charge in [0.2, 0.25) is 6.10 Å². The number of carbonyl (C=O) groups excluding carboxylic acids is 1. The van der Waals surface area contributed by atoms with Crippen LogP contribution in [-0.4, -0.2) is 5.97 Å². The number of nitrogens with zero attached hydrogens (tertiary/aromatic N) is 1. The lowest BCUT2D eigenvalue weighted by atomic mass is 10.1. The summed E-state index contributed by atoms with van der Waals surface area (Å²) in [5, 5.41) is 9.88. The van der Waals surface area contributed by atoms with Crippen molar-refractivity contribution in [2.24, 2.45) is 17.3 Å². The van der Waals surface area contributed by atoms with Crippen molar-refractivity contribution in [3.63, 3.8) is 0 Å². The SMILES string of the molecule is CC1(C)C(C(=O)OC(C#N)c2ccc(F)c(Oc3ccccc3)c2)C1C(Cl)=CCl. The number of hydrogen-bond donors (Lipinski definition) is 0. The lowest BCUT2D eigenvalue weighted by Gasteiger charge is -2.14. The average molecular weight is 434 g/mol. The fourth-order valence-corrected chi connectivity index (χ4v) is 3.94. The number of halogens is 3. The number of para-hydroxylation sites is 1. The van der Waals surface area contributed by atoms with E-state index in [0.717, 1.165) is 0 Å². The molecule has 4 nitrogen and oxygen atoms in total. The van der Waals surface area contributed by atoms with Crippen LogP contribution in [0.1, 0.15) is 25.5 Å². The predicted octanol–water partition coefficient (Wildman–Crippen LogP) is 6.32. The van der Waals surface area contributed by atoms with Gasteiger partial charge in [-0.2, -0.15) is 5.26 Å². The average Bonchev–Trinajstić information content (AvgIpc) is 3.30. The predicted molar refractivity (Wildman–Crippen MR) is 108 cm³/mol. The van der Waals surface area contributed by atoms with Gasteiger partial charge in [0.15, 0.2) is 11.6 Å². The largest absolute Gasteiger partial charge is 0.454 e. The molecule has 2 aromatic carbocycles. The molecule has 0 bridgehead atoms. The molecule has 1 saturated carbocycles. The molecule has 150 valence electrons. The molecular formula is C22H18Cl2FNO3. The molecule has 0 radical (unpaired) electrons. The van der Waals surface area contributed by atoms with Gasteiger partial charge in [0.1, 0.15) is 11.8 Å². The Morgan fingerprint density at radius 3 is 2.55 bits per heavy atom. The second-order valence-corrected chi connectivity index (χ2v) is 7.98. The Hall–Kier alpha value is -2.55. The highest BCUT2D eigenvalue weighted by Crippen LogP contribution is 2.63. The standard InChI is InChI=1S/C22H18Cl2FNO3/c1-22(2)19(15(24)11-23)20(22)21(27)29-18(12-26)13-8-9-16(25)17(10-13)28-14-6-4-3-5-7-14/h3-11,18-20H,1-2H3. The molecule has 3 atom stereocenters. The summed E-state index contributed by atoms with van der Waals surface area (Å²) in [6.07, 6.45) is -1.21. The van der Waals surface area contributed by atoms with E-state index in [2.05, 4.69) is 0 Å². The smallest absolute Gasteiger partial charge is 0.311 e. The summed E-state index contributed by atoms with van der Waals surface area (Å²) >= 11 is 11.8. The monoisotopic (exact) mass is 433 g/mol. The highest BCUT2D eigenvalue weighted by molar-refractivity contribution is 6.37. The molecule has 0 spiro atoms. The summed E-state index contributed by atoms with van der Waals surface area (Å²) in [5.41, 5.74) is 1.11. The minimum Gasteiger partial charge on any atom is -0.454 e. The van der Waals surface area contributed by atoms with Crippen molar-refractivity contribution >= 4 is 29.2 Å². The van der Waals surface area contributed by atoms with Crippen LogP contribution in [0.2, 0.25) is 0 Å². The molecule has 7 heteroatoms. The van der Waals surface area contributed by atoms with Gasteiger partial charge in [0, 0.05) is 22.0 Å². The zero-order valence-electron chi connectivity index (χ0n) is 15.7. The normalized spacial score (nSPS) is 21.0. The molecule has 0 saturated heterocycles. The molecular weight excluding hydrogens is 416 g/mol. The van der Waals surface area contributed by atoms with Crippen molar-refractivity contribution in [1.29, 1.82) is 5.26 Å². The second kappa shape index (κ2) is 8.44. The molecule has 1 aliphatic rings. The third-order valence-corrected chi connectivity index (χ3v) is 5.75. The Morgan fingerprint density at radius 2 is 1.93 bits per heavy atom. The molecule has 0 N–H and O–H groups in total. The van der Waals surface area contributed by atoms with Gasteiger partial charge in [-0.3, -0.25) is 4.79 Å². The van der Waals surface area contributed by atoms with Gasteiger partial charge in [0.25, 0.3) is 0 Å². The zero-order valence-corrected chi connectivity index (χ0v) is 17.2. The third-order valence-electron chi connectivity index (χ3n) is 5.06. The molecule has 3 unspecified atom stereocenters. The van der Waals surface area contributed by atoms with Crippen LogP contribution in [0.25, 0.3) is 0 Å². The fraction of sp³-hybridized carbons (Fsp3) is 0.273. The summed E-state index contributed by atoms with van der Waals surface area (Å²) in [6.45, 7) is 3.74. The molecule has 29 heavy (non-hydrogen) atoms. The number of rotatable bonds is 6. The van der Waals surface area contributed by atoms with Gasteiger partial charge in [-0.1, -0.05) is 61.3 Å². The maximum absolute atomic E-state index is 14.2. The van der Waals surface area contributed by atoms with Crippen molar-refractivity contribution in [3.8, 4) is 17.6 Å². The van der Waals surface area contributed by atoms with Crippen molar-refractivity contribution < 1.29 is 18.7 Å². The first-order chi connectivity index (χ1) is 13.8. The minimum atomic E-state index is -1.21. The molecule has 3 rings (SSSR count). The van der Waals surface area contributed by atoms with E-state index in [0.29, 0.717) is 16.3 Å². The third kappa shape index (κ3) is 4.39. The van der Waals surface area contributed by atoms with E-state index in [9.17, 15) is 14.4 Å². The van der Waals surface area contributed by atoms with Gasteiger partial charge in [0.05, 0.1) is 5.92 Å². The molecule has 0 heterocycles. The maximum atomic E-state index is 14.2. The van der Waals surface area contributed by atoms with Gasteiger partial charge >= 0.3 is 5.97 Å². The van der Waals surface area contributed by atoms with Crippen LogP contribution < -0.4 is 4.74 Å². The Bertz CT molecular complexity index is 985. The van der Waals surface area contributed by atoms with Crippen LogP contribution in [0.3, 0.4) is 0 Å². The van der Waals surface area contributed by atoms with E-state index < -0.39 is 29.2 Å². The molecule has 2 aromatic rings. The molecule has 1 fully saturated rings. The molecule has 0 aromatic heterocycles. The van der Waals surface area contributed by atoms with Crippen molar-refractivity contribution in [1.82, 2.24) is 0 Å². The van der Waals surface area contributed by atoms with E-state index in [-0.39, 0.29) is 11.7 Å². The number of allylic oxidation sites excluding steroid dienone is 1. The van der Waals surface area contributed by atoms with Crippen molar-refractivity contribution in [2.45, 2.75) is 20.0 Å². The van der Waals surface area contributed by atoms with Gasteiger partial charge < -0.3 is 9.47 Å². The number of hydrogen-bond acceptors (Lipinski definition) is 4. The number of esters is 1. The summed E-state index contributed by atoms with van der Waals surface area (Å²) in [6, 6.07) is 14.5. The fourth-order valence-electron chi connectivity index (χ4n) is 3.40. The van der Waals surface area contributed by atoms with Crippen LogP contribution in [0, 0.1) is 34.4 Å².